The normalized spacial score (nSPS) is 22.6. The van der Waals surface area contributed by atoms with Gasteiger partial charge in [-0.3, -0.25) is 4.79 Å². The topological polar surface area (TPSA) is 49.9 Å². The van der Waals surface area contributed by atoms with Crippen LogP contribution in [0.3, 0.4) is 0 Å². The Morgan fingerprint density at radius 3 is 2.24 bits per heavy atom. The number of hydrogen-bond donors (Lipinski definition) is 0. The summed E-state index contributed by atoms with van der Waals surface area (Å²) in [4.78, 5) is 27.9. The molecule has 2 fully saturated rings. The Bertz CT molecular complexity index is 406. The molecule has 2 heterocycles. The first-order valence-electron chi connectivity index (χ1n) is 8.00. The molecule has 5 heteroatoms. The minimum Gasteiger partial charge on any atom is -0.444 e. The zero-order valence-corrected chi connectivity index (χ0v) is 13.8. The SMILES string of the molecule is CCN1CCC2(CCN(C(=O)OC(C)(C)C)CC2)CC1=O. The number of ether oxygens (including phenoxy) is 1. The van der Waals surface area contributed by atoms with E-state index in [1.807, 2.05) is 32.6 Å². The lowest BCUT2D eigenvalue weighted by Gasteiger charge is -2.46. The summed E-state index contributed by atoms with van der Waals surface area (Å²) >= 11 is 0. The number of rotatable bonds is 1. The van der Waals surface area contributed by atoms with E-state index >= 15 is 0 Å². The van der Waals surface area contributed by atoms with Crippen LogP contribution in [-0.2, 0) is 9.53 Å². The molecule has 0 aromatic carbocycles. The number of nitrogens with zero attached hydrogens (tertiary/aromatic N) is 2. The van der Waals surface area contributed by atoms with E-state index in [-0.39, 0.29) is 17.4 Å². The van der Waals surface area contributed by atoms with E-state index in [1.54, 1.807) is 4.90 Å². The fourth-order valence-corrected chi connectivity index (χ4v) is 3.27. The standard InChI is InChI=1S/C16H28N2O3/c1-5-17-9-6-16(12-13(17)19)7-10-18(11-8-16)14(20)21-15(2,3)4/h5-12H2,1-4H3. The van der Waals surface area contributed by atoms with Crippen LogP contribution in [0.5, 0.6) is 0 Å². The Labute approximate surface area is 127 Å². The molecule has 0 aromatic rings. The number of carbonyl (C=O) groups is 2. The van der Waals surface area contributed by atoms with Gasteiger partial charge < -0.3 is 14.5 Å². The monoisotopic (exact) mass is 296 g/mol. The third kappa shape index (κ3) is 3.89. The van der Waals surface area contributed by atoms with Crippen molar-refractivity contribution >= 4 is 12.0 Å². The molecule has 5 nitrogen and oxygen atoms in total. The van der Waals surface area contributed by atoms with E-state index in [0.29, 0.717) is 19.5 Å². The van der Waals surface area contributed by atoms with Crippen molar-refractivity contribution in [2.45, 2.75) is 59.0 Å². The summed E-state index contributed by atoms with van der Waals surface area (Å²) in [5.74, 6) is 0.273. The van der Waals surface area contributed by atoms with Crippen LogP contribution < -0.4 is 0 Å². The van der Waals surface area contributed by atoms with Crippen molar-refractivity contribution in [1.29, 1.82) is 0 Å². The number of piperidine rings is 2. The van der Waals surface area contributed by atoms with Gasteiger partial charge in [-0.2, -0.15) is 0 Å². The van der Waals surface area contributed by atoms with Crippen LogP contribution in [0.1, 0.15) is 53.4 Å². The molecular formula is C16H28N2O3. The Morgan fingerprint density at radius 2 is 1.76 bits per heavy atom. The molecule has 0 aliphatic carbocycles. The third-order valence-corrected chi connectivity index (χ3v) is 4.65. The van der Waals surface area contributed by atoms with Crippen LogP contribution in [0.25, 0.3) is 0 Å². The first kappa shape index (κ1) is 16.1. The van der Waals surface area contributed by atoms with E-state index in [1.165, 1.54) is 0 Å². The van der Waals surface area contributed by atoms with Gasteiger partial charge in [0.25, 0.3) is 0 Å². The molecule has 2 amide bonds. The molecule has 21 heavy (non-hydrogen) atoms. The van der Waals surface area contributed by atoms with Gasteiger partial charge in [-0.05, 0) is 52.4 Å². The molecule has 2 saturated heterocycles. The van der Waals surface area contributed by atoms with Crippen molar-refractivity contribution in [3.05, 3.63) is 0 Å². The fraction of sp³-hybridized carbons (Fsp3) is 0.875. The van der Waals surface area contributed by atoms with Gasteiger partial charge in [0, 0.05) is 32.6 Å². The van der Waals surface area contributed by atoms with Gasteiger partial charge in [0.15, 0.2) is 0 Å². The highest BCUT2D eigenvalue weighted by Gasteiger charge is 2.42. The van der Waals surface area contributed by atoms with Gasteiger partial charge in [0.1, 0.15) is 5.60 Å². The molecule has 2 aliphatic rings. The first-order valence-corrected chi connectivity index (χ1v) is 8.00. The quantitative estimate of drug-likeness (QED) is 0.747. The Hall–Kier alpha value is -1.26. The molecule has 0 saturated carbocycles. The number of hydrogen-bond acceptors (Lipinski definition) is 3. The van der Waals surface area contributed by atoms with E-state index in [2.05, 4.69) is 0 Å². The lowest BCUT2D eigenvalue weighted by Crippen LogP contribution is -2.50. The highest BCUT2D eigenvalue weighted by Crippen LogP contribution is 2.41. The molecule has 0 N–H and O–H groups in total. The van der Waals surface area contributed by atoms with Crippen LogP contribution in [0.15, 0.2) is 0 Å². The van der Waals surface area contributed by atoms with Crippen LogP contribution in [0.2, 0.25) is 0 Å². The molecule has 2 aliphatic heterocycles. The van der Waals surface area contributed by atoms with Gasteiger partial charge in [-0.1, -0.05) is 0 Å². The highest BCUT2D eigenvalue weighted by molar-refractivity contribution is 5.78. The number of amides is 2. The second-order valence-corrected chi connectivity index (χ2v) is 7.37. The maximum absolute atomic E-state index is 12.1. The molecule has 120 valence electrons. The summed E-state index contributed by atoms with van der Waals surface area (Å²) in [6, 6.07) is 0. The van der Waals surface area contributed by atoms with Crippen molar-refractivity contribution in [1.82, 2.24) is 9.80 Å². The van der Waals surface area contributed by atoms with Gasteiger partial charge in [0.2, 0.25) is 5.91 Å². The van der Waals surface area contributed by atoms with Crippen molar-refractivity contribution < 1.29 is 14.3 Å². The summed E-state index contributed by atoms with van der Waals surface area (Å²) in [5, 5.41) is 0. The minimum atomic E-state index is -0.450. The summed E-state index contributed by atoms with van der Waals surface area (Å²) in [5.41, 5.74) is -0.337. The Balaban J connectivity index is 1.89. The largest absolute Gasteiger partial charge is 0.444 e. The summed E-state index contributed by atoms with van der Waals surface area (Å²) < 4.78 is 5.42. The summed E-state index contributed by atoms with van der Waals surface area (Å²) in [7, 11) is 0. The minimum absolute atomic E-state index is 0.112. The van der Waals surface area contributed by atoms with Crippen molar-refractivity contribution in [3.8, 4) is 0 Å². The molecule has 2 rings (SSSR count). The molecule has 1 spiro atoms. The Morgan fingerprint density at radius 1 is 1.19 bits per heavy atom. The zero-order valence-electron chi connectivity index (χ0n) is 13.8. The fourth-order valence-electron chi connectivity index (χ4n) is 3.27. The maximum atomic E-state index is 12.1. The average Bonchev–Trinajstić information content (AvgIpc) is 2.37. The predicted octanol–water partition coefficient (Wildman–Crippen LogP) is 2.65. The van der Waals surface area contributed by atoms with Crippen molar-refractivity contribution in [2.75, 3.05) is 26.2 Å². The van der Waals surface area contributed by atoms with Crippen molar-refractivity contribution in [2.24, 2.45) is 5.41 Å². The second kappa shape index (κ2) is 5.85. The van der Waals surface area contributed by atoms with Crippen LogP contribution in [0.4, 0.5) is 4.79 Å². The van der Waals surface area contributed by atoms with Gasteiger partial charge >= 0.3 is 6.09 Å². The molecule has 0 unspecified atom stereocenters. The molecule has 0 aromatic heterocycles. The molecular weight excluding hydrogens is 268 g/mol. The highest BCUT2D eigenvalue weighted by atomic mass is 16.6. The second-order valence-electron chi connectivity index (χ2n) is 7.37. The van der Waals surface area contributed by atoms with Gasteiger partial charge in [0.05, 0.1) is 0 Å². The van der Waals surface area contributed by atoms with Crippen LogP contribution in [-0.4, -0.2) is 53.6 Å². The number of likely N-dealkylation sites (tertiary alicyclic amines) is 2. The molecule has 0 bridgehead atoms. The summed E-state index contributed by atoms with van der Waals surface area (Å²) in [6.45, 7) is 10.8. The van der Waals surface area contributed by atoms with E-state index < -0.39 is 5.60 Å². The van der Waals surface area contributed by atoms with Crippen LogP contribution >= 0.6 is 0 Å². The predicted molar refractivity (Wildman–Crippen MR) is 81.0 cm³/mol. The van der Waals surface area contributed by atoms with Gasteiger partial charge in [-0.15, -0.1) is 0 Å². The lowest BCUT2D eigenvalue weighted by atomic mass is 9.71. The third-order valence-electron chi connectivity index (χ3n) is 4.65. The Kier molecular flexibility index (Phi) is 4.49. The molecule has 0 atom stereocenters. The van der Waals surface area contributed by atoms with E-state index in [9.17, 15) is 9.59 Å². The smallest absolute Gasteiger partial charge is 0.410 e. The number of carbonyl (C=O) groups excluding carboxylic acids is 2. The lowest BCUT2D eigenvalue weighted by molar-refractivity contribution is -0.139. The van der Waals surface area contributed by atoms with E-state index in [0.717, 1.165) is 32.4 Å². The zero-order chi connectivity index (χ0) is 15.7. The maximum Gasteiger partial charge on any atom is 0.410 e. The first-order chi connectivity index (χ1) is 9.75. The van der Waals surface area contributed by atoms with Crippen molar-refractivity contribution in [3.63, 3.8) is 0 Å². The van der Waals surface area contributed by atoms with E-state index in [4.69, 9.17) is 4.74 Å². The molecule has 0 radical (unpaired) electrons. The summed E-state index contributed by atoms with van der Waals surface area (Å²) in [6.07, 6.45) is 3.30. The average molecular weight is 296 g/mol. The van der Waals surface area contributed by atoms with Crippen LogP contribution in [0, 0.1) is 5.41 Å². The van der Waals surface area contributed by atoms with Gasteiger partial charge in [-0.25, -0.2) is 4.79 Å².